The van der Waals surface area contributed by atoms with Crippen molar-refractivity contribution in [2.24, 2.45) is 11.8 Å². The lowest BCUT2D eigenvalue weighted by Gasteiger charge is -2.35. The van der Waals surface area contributed by atoms with Gasteiger partial charge >= 0.3 is 0 Å². The molecule has 22 heavy (non-hydrogen) atoms. The second-order valence-electron chi connectivity index (χ2n) is 6.37. The molecule has 1 amide bonds. The molecule has 1 N–H and O–H groups in total. The molecule has 0 spiro atoms. The Morgan fingerprint density at radius 1 is 1.36 bits per heavy atom. The molecule has 0 radical (unpaired) electrons. The number of amides is 1. The van der Waals surface area contributed by atoms with E-state index in [1.165, 1.54) is 0 Å². The fourth-order valence-corrected chi connectivity index (χ4v) is 3.44. The van der Waals surface area contributed by atoms with Crippen molar-refractivity contribution < 1.29 is 9.90 Å². The van der Waals surface area contributed by atoms with Gasteiger partial charge in [0.25, 0.3) is 0 Å². The maximum absolute atomic E-state index is 13.0. The molecule has 2 rings (SSSR count). The van der Waals surface area contributed by atoms with Crippen LogP contribution in [0.25, 0.3) is 0 Å². The molecule has 1 aliphatic heterocycles. The number of benzene rings is 1. The number of halogens is 2. The van der Waals surface area contributed by atoms with Gasteiger partial charge in [0.05, 0.1) is 16.0 Å². The first-order valence-corrected chi connectivity index (χ1v) is 8.54. The first kappa shape index (κ1) is 17.6. The van der Waals surface area contributed by atoms with Crippen molar-refractivity contribution in [2.45, 2.75) is 32.6 Å². The molecule has 0 saturated carbocycles. The van der Waals surface area contributed by atoms with Gasteiger partial charge in [0.2, 0.25) is 5.91 Å². The first-order chi connectivity index (χ1) is 10.4. The summed E-state index contributed by atoms with van der Waals surface area (Å²) in [5, 5.41) is 10.3. The zero-order valence-corrected chi connectivity index (χ0v) is 14.6. The Balaban J connectivity index is 2.23. The Bertz CT molecular complexity index is 533. The van der Waals surface area contributed by atoms with Crippen molar-refractivity contribution in [3.63, 3.8) is 0 Å². The molecule has 0 aliphatic carbocycles. The Labute approximate surface area is 142 Å². The van der Waals surface area contributed by atoms with Crippen LogP contribution in [0, 0.1) is 11.8 Å². The Kier molecular flexibility index (Phi) is 6.13. The third-order valence-corrected chi connectivity index (χ3v) is 5.06. The smallest absolute Gasteiger partial charge is 0.230 e. The summed E-state index contributed by atoms with van der Waals surface area (Å²) in [6.07, 6.45) is 1.93. The van der Waals surface area contributed by atoms with E-state index in [2.05, 4.69) is 0 Å². The fourth-order valence-electron chi connectivity index (χ4n) is 3.13. The van der Waals surface area contributed by atoms with Gasteiger partial charge in [0, 0.05) is 19.7 Å². The number of hydrogen-bond acceptors (Lipinski definition) is 2. The number of aliphatic hydroxyl groups is 1. The van der Waals surface area contributed by atoms with Gasteiger partial charge in [0.1, 0.15) is 0 Å². The predicted molar refractivity (Wildman–Crippen MR) is 90.4 cm³/mol. The summed E-state index contributed by atoms with van der Waals surface area (Å²) in [5.74, 6) is 0.248. The molecule has 0 aromatic heterocycles. The lowest BCUT2D eigenvalue weighted by atomic mass is 9.86. The van der Waals surface area contributed by atoms with Gasteiger partial charge in [-0.3, -0.25) is 4.79 Å². The van der Waals surface area contributed by atoms with Gasteiger partial charge in [-0.1, -0.05) is 43.1 Å². The minimum absolute atomic E-state index is 0.117. The highest BCUT2D eigenvalue weighted by Crippen LogP contribution is 2.32. The zero-order chi connectivity index (χ0) is 16.3. The molecule has 1 saturated heterocycles. The summed E-state index contributed by atoms with van der Waals surface area (Å²) in [6.45, 7) is 5.62. The number of piperidine rings is 1. The molecule has 122 valence electrons. The van der Waals surface area contributed by atoms with Crippen molar-refractivity contribution >= 4 is 29.1 Å². The maximum atomic E-state index is 13.0. The average Bonchev–Trinajstić information content (AvgIpc) is 2.50. The molecular weight excluding hydrogens is 321 g/mol. The lowest BCUT2D eigenvalue weighted by molar-refractivity contribution is -0.136. The van der Waals surface area contributed by atoms with E-state index in [0.29, 0.717) is 16.6 Å². The van der Waals surface area contributed by atoms with E-state index < -0.39 is 0 Å². The zero-order valence-electron chi connectivity index (χ0n) is 13.1. The van der Waals surface area contributed by atoms with Crippen molar-refractivity contribution in [3.05, 3.63) is 33.8 Å². The van der Waals surface area contributed by atoms with Crippen LogP contribution in [0.15, 0.2) is 18.2 Å². The highest BCUT2D eigenvalue weighted by Gasteiger charge is 2.31. The summed E-state index contributed by atoms with van der Waals surface area (Å²) in [4.78, 5) is 14.9. The molecule has 5 heteroatoms. The van der Waals surface area contributed by atoms with Crippen LogP contribution in [-0.2, 0) is 4.79 Å². The van der Waals surface area contributed by atoms with Crippen LogP contribution < -0.4 is 0 Å². The van der Waals surface area contributed by atoms with Crippen LogP contribution in [0.1, 0.15) is 38.2 Å². The normalized spacial score (nSPS) is 20.3. The molecule has 1 aliphatic rings. The quantitative estimate of drug-likeness (QED) is 0.898. The molecule has 1 fully saturated rings. The first-order valence-electron chi connectivity index (χ1n) is 7.78. The van der Waals surface area contributed by atoms with E-state index in [1.54, 1.807) is 12.1 Å². The molecular formula is C17H23Cl2NO2. The molecule has 1 aromatic carbocycles. The van der Waals surface area contributed by atoms with E-state index in [4.69, 9.17) is 23.2 Å². The van der Waals surface area contributed by atoms with Crippen molar-refractivity contribution in [1.29, 1.82) is 0 Å². The predicted octanol–water partition coefficient (Wildman–Crippen LogP) is 3.96. The lowest BCUT2D eigenvalue weighted by Crippen LogP contribution is -2.44. The van der Waals surface area contributed by atoms with Gasteiger partial charge in [-0.2, -0.15) is 0 Å². The topological polar surface area (TPSA) is 40.5 Å². The second kappa shape index (κ2) is 7.67. The highest BCUT2D eigenvalue weighted by molar-refractivity contribution is 6.42. The maximum Gasteiger partial charge on any atom is 0.230 e. The average molecular weight is 344 g/mol. The van der Waals surface area contributed by atoms with E-state index in [9.17, 15) is 9.90 Å². The Morgan fingerprint density at radius 2 is 2.09 bits per heavy atom. The van der Waals surface area contributed by atoms with E-state index >= 15 is 0 Å². The number of hydrogen-bond donors (Lipinski definition) is 1. The number of rotatable bonds is 4. The van der Waals surface area contributed by atoms with Crippen LogP contribution in [0.2, 0.25) is 10.0 Å². The highest BCUT2D eigenvalue weighted by atomic mass is 35.5. The van der Waals surface area contributed by atoms with E-state index in [1.807, 2.05) is 24.8 Å². The van der Waals surface area contributed by atoms with Gasteiger partial charge < -0.3 is 10.0 Å². The Hall–Kier alpha value is -0.770. The monoisotopic (exact) mass is 343 g/mol. The molecule has 1 heterocycles. The van der Waals surface area contributed by atoms with Crippen molar-refractivity contribution in [2.75, 3.05) is 19.7 Å². The molecule has 2 unspecified atom stereocenters. The van der Waals surface area contributed by atoms with Crippen molar-refractivity contribution in [3.8, 4) is 0 Å². The van der Waals surface area contributed by atoms with Crippen molar-refractivity contribution in [1.82, 2.24) is 4.90 Å². The molecule has 0 bridgehead atoms. The standard InChI is InChI=1S/C17H23Cl2NO2/c1-11(2)16(13-5-6-14(18)15(19)8-13)17(22)20-7-3-4-12(9-20)10-21/h5-6,8,11-12,16,21H,3-4,7,9-10H2,1-2H3. The van der Waals surface area contributed by atoms with Crippen LogP contribution in [-0.4, -0.2) is 35.6 Å². The summed E-state index contributed by atoms with van der Waals surface area (Å²) >= 11 is 12.1. The number of aliphatic hydroxyl groups excluding tert-OH is 1. The number of nitrogens with zero attached hydrogens (tertiary/aromatic N) is 1. The van der Waals surface area contributed by atoms with E-state index in [0.717, 1.165) is 24.9 Å². The molecule has 2 atom stereocenters. The van der Waals surface area contributed by atoms with E-state index in [-0.39, 0.29) is 30.3 Å². The number of likely N-dealkylation sites (tertiary alicyclic amines) is 1. The van der Waals surface area contributed by atoms with Crippen LogP contribution >= 0.6 is 23.2 Å². The summed E-state index contributed by atoms with van der Waals surface area (Å²) < 4.78 is 0. The van der Waals surface area contributed by atoms with Crippen LogP contribution in [0.5, 0.6) is 0 Å². The second-order valence-corrected chi connectivity index (χ2v) is 7.18. The number of carbonyl (C=O) groups excluding carboxylic acids is 1. The third kappa shape index (κ3) is 3.95. The molecule has 3 nitrogen and oxygen atoms in total. The number of carbonyl (C=O) groups is 1. The minimum atomic E-state index is -0.229. The summed E-state index contributed by atoms with van der Waals surface area (Å²) in [5.41, 5.74) is 0.903. The van der Waals surface area contributed by atoms with Crippen LogP contribution in [0.3, 0.4) is 0 Å². The van der Waals surface area contributed by atoms with Crippen LogP contribution in [0.4, 0.5) is 0 Å². The summed E-state index contributed by atoms with van der Waals surface area (Å²) in [6, 6.07) is 5.42. The third-order valence-electron chi connectivity index (χ3n) is 4.32. The largest absolute Gasteiger partial charge is 0.396 e. The van der Waals surface area contributed by atoms with Gasteiger partial charge in [-0.15, -0.1) is 0 Å². The fraction of sp³-hybridized carbons (Fsp3) is 0.588. The Morgan fingerprint density at radius 3 is 2.68 bits per heavy atom. The summed E-state index contributed by atoms with van der Waals surface area (Å²) in [7, 11) is 0. The SMILES string of the molecule is CC(C)C(C(=O)N1CCCC(CO)C1)c1ccc(Cl)c(Cl)c1. The van der Waals surface area contributed by atoms with Gasteiger partial charge in [-0.25, -0.2) is 0 Å². The minimum Gasteiger partial charge on any atom is -0.396 e. The van der Waals surface area contributed by atoms with Gasteiger partial charge in [0.15, 0.2) is 0 Å². The molecule has 1 aromatic rings. The van der Waals surface area contributed by atoms with Gasteiger partial charge in [-0.05, 0) is 42.4 Å².